The van der Waals surface area contributed by atoms with Crippen LogP contribution in [0.15, 0.2) is 16.8 Å². The Kier molecular flexibility index (Phi) is 5.55. The molecule has 0 unspecified atom stereocenters. The lowest BCUT2D eigenvalue weighted by Crippen LogP contribution is -2.53. The van der Waals surface area contributed by atoms with Crippen LogP contribution in [-0.2, 0) is 19.2 Å². The molecule has 4 rings (SSSR count). The predicted molar refractivity (Wildman–Crippen MR) is 114 cm³/mol. The first-order chi connectivity index (χ1) is 14.3. The van der Waals surface area contributed by atoms with Gasteiger partial charge >= 0.3 is 11.9 Å². The Morgan fingerprint density at radius 2 is 2.00 bits per heavy atom. The van der Waals surface area contributed by atoms with E-state index in [1.165, 1.54) is 12.5 Å². The molecule has 5 heteroatoms. The summed E-state index contributed by atoms with van der Waals surface area (Å²) in [6.45, 7) is 5.51. The number of oxime groups is 1. The summed E-state index contributed by atoms with van der Waals surface area (Å²) >= 11 is 0. The first-order valence-corrected chi connectivity index (χ1v) is 11.5. The summed E-state index contributed by atoms with van der Waals surface area (Å²) < 4.78 is 5.83. The van der Waals surface area contributed by atoms with E-state index in [0.717, 1.165) is 57.1 Å². The SMILES string of the molecule is C#C[C@]1(OC(C)=O)CC[C@H]2[C@@H]3CCC4=C/C(=N\OC(=O)CC)CC[C@@H]4[C@H]3CC[C@@]21C. The van der Waals surface area contributed by atoms with Crippen LogP contribution in [0.25, 0.3) is 0 Å². The van der Waals surface area contributed by atoms with Gasteiger partial charge in [-0.15, -0.1) is 6.42 Å². The average molecular weight is 412 g/mol. The van der Waals surface area contributed by atoms with Crippen LogP contribution in [0.1, 0.15) is 78.6 Å². The molecule has 3 fully saturated rings. The Morgan fingerprint density at radius 3 is 2.70 bits per heavy atom. The molecule has 5 nitrogen and oxygen atoms in total. The second kappa shape index (κ2) is 7.87. The van der Waals surface area contributed by atoms with Crippen molar-refractivity contribution >= 4 is 17.7 Å². The van der Waals surface area contributed by atoms with Crippen LogP contribution in [0, 0.1) is 41.4 Å². The minimum Gasteiger partial charge on any atom is -0.445 e. The molecule has 0 amide bonds. The normalized spacial score (nSPS) is 41.0. The molecule has 0 aromatic rings. The topological polar surface area (TPSA) is 65.0 Å². The maximum absolute atomic E-state index is 11.8. The predicted octanol–water partition coefficient (Wildman–Crippen LogP) is 4.80. The lowest BCUT2D eigenvalue weighted by molar-refractivity contribution is -0.167. The second-order valence-electron chi connectivity index (χ2n) is 9.80. The van der Waals surface area contributed by atoms with E-state index in [1.54, 1.807) is 6.92 Å². The summed E-state index contributed by atoms with van der Waals surface area (Å²) in [7, 11) is 0. The largest absolute Gasteiger partial charge is 0.445 e. The number of rotatable bonds is 3. The summed E-state index contributed by atoms with van der Waals surface area (Å²) in [6, 6.07) is 0. The number of terminal acetylenes is 1. The van der Waals surface area contributed by atoms with Crippen molar-refractivity contribution < 1.29 is 19.2 Å². The first-order valence-electron chi connectivity index (χ1n) is 11.5. The van der Waals surface area contributed by atoms with Crippen molar-refractivity contribution in [3.8, 4) is 12.3 Å². The highest BCUT2D eigenvalue weighted by Gasteiger charge is 2.64. The van der Waals surface area contributed by atoms with Crippen LogP contribution < -0.4 is 0 Å². The fourth-order valence-electron chi connectivity index (χ4n) is 7.12. The Morgan fingerprint density at radius 1 is 1.20 bits per heavy atom. The maximum atomic E-state index is 11.8. The number of hydrogen-bond acceptors (Lipinski definition) is 5. The standard InChI is InChI=1S/C25H33NO4/c1-5-23(28)30-26-18-8-10-19-17(15-18)7-9-21-20(19)11-13-24(4)22(21)12-14-25(24,6-2)29-16(3)27/h2,15,19-22H,5,7-14H2,1,3-4H3/b26-18-/t19-,20+,21+,22-,24-,25-/m0/s1. The molecule has 4 aliphatic carbocycles. The molecule has 0 spiro atoms. The smallest absolute Gasteiger partial charge is 0.334 e. The van der Waals surface area contributed by atoms with E-state index in [1.807, 2.05) is 0 Å². The Labute approximate surface area is 179 Å². The number of hydrogen-bond donors (Lipinski definition) is 0. The highest BCUT2D eigenvalue weighted by molar-refractivity contribution is 5.96. The molecule has 30 heavy (non-hydrogen) atoms. The van der Waals surface area contributed by atoms with E-state index in [4.69, 9.17) is 16.0 Å². The van der Waals surface area contributed by atoms with E-state index in [0.29, 0.717) is 30.1 Å². The van der Waals surface area contributed by atoms with Crippen molar-refractivity contribution in [1.82, 2.24) is 0 Å². The number of fused-ring (bicyclic) bond motifs is 5. The van der Waals surface area contributed by atoms with Gasteiger partial charge in [-0.2, -0.15) is 0 Å². The van der Waals surface area contributed by atoms with Crippen molar-refractivity contribution in [2.45, 2.75) is 84.2 Å². The zero-order chi connectivity index (χ0) is 21.5. The third-order valence-electron chi connectivity index (χ3n) is 8.54. The van der Waals surface area contributed by atoms with Gasteiger partial charge in [0.25, 0.3) is 0 Å². The number of nitrogens with zero attached hydrogens (tertiary/aromatic N) is 1. The van der Waals surface area contributed by atoms with Crippen molar-refractivity contribution in [2.24, 2.45) is 34.2 Å². The highest BCUT2D eigenvalue weighted by atomic mass is 16.7. The van der Waals surface area contributed by atoms with Crippen LogP contribution in [-0.4, -0.2) is 23.3 Å². The van der Waals surface area contributed by atoms with Gasteiger partial charge in [-0.1, -0.05) is 30.5 Å². The Hall–Kier alpha value is -2.09. The van der Waals surface area contributed by atoms with Crippen LogP contribution in [0.5, 0.6) is 0 Å². The summed E-state index contributed by atoms with van der Waals surface area (Å²) in [4.78, 5) is 28.2. The third-order valence-corrected chi connectivity index (χ3v) is 8.54. The van der Waals surface area contributed by atoms with Crippen molar-refractivity contribution in [1.29, 1.82) is 0 Å². The molecule has 162 valence electrons. The van der Waals surface area contributed by atoms with Crippen LogP contribution in [0.3, 0.4) is 0 Å². The monoisotopic (exact) mass is 411 g/mol. The second-order valence-corrected chi connectivity index (χ2v) is 9.80. The van der Waals surface area contributed by atoms with E-state index in [-0.39, 0.29) is 17.4 Å². The Balaban J connectivity index is 1.54. The van der Waals surface area contributed by atoms with Gasteiger partial charge in [0.15, 0.2) is 5.60 Å². The number of esters is 1. The van der Waals surface area contributed by atoms with Crippen molar-refractivity contribution in [2.75, 3.05) is 0 Å². The molecule has 0 heterocycles. The lowest BCUT2D eigenvalue weighted by Gasteiger charge is -2.55. The molecule has 0 radical (unpaired) electrons. The van der Waals surface area contributed by atoms with Crippen LogP contribution in [0.2, 0.25) is 0 Å². The van der Waals surface area contributed by atoms with Crippen molar-refractivity contribution in [3.05, 3.63) is 11.6 Å². The first kappa shape index (κ1) is 21.2. The van der Waals surface area contributed by atoms with Crippen LogP contribution in [0.4, 0.5) is 0 Å². The van der Waals surface area contributed by atoms with E-state index in [2.05, 4.69) is 24.1 Å². The molecule has 0 saturated heterocycles. The van der Waals surface area contributed by atoms with Gasteiger partial charge in [0.2, 0.25) is 0 Å². The number of carbonyl (C=O) groups is 2. The Bertz CT molecular complexity index is 837. The summed E-state index contributed by atoms with van der Waals surface area (Å²) in [5, 5.41) is 4.09. The van der Waals surface area contributed by atoms with Gasteiger partial charge < -0.3 is 9.57 Å². The van der Waals surface area contributed by atoms with Gasteiger partial charge in [-0.25, -0.2) is 4.79 Å². The molecule has 6 atom stereocenters. The van der Waals surface area contributed by atoms with Gasteiger partial charge in [0.05, 0.1) is 5.71 Å². The number of allylic oxidation sites excluding steroid dienone is 2. The van der Waals surface area contributed by atoms with Crippen LogP contribution >= 0.6 is 0 Å². The van der Waals surface area contributed by atoms with Gasteiger partial charge in [0.1, 0.15) is 0 Å². The summed E-state index contributed by atoms with van der Waals surface area (Å²) in [5.41, 5.74) is 1.48. The average Bonchev–Trinajstić information content (AvgIpc) is 3.03. The lowest BCUT2D eigenvalue weighted by atomic mass is 9.50. The molecule has 3 saturated carbocycles. The fraction of sp³-hybridized carbons (Fsp3) is 0.720. The van der Waals surface area contributed by atoms with E-state index < -0.39 is 5.60 Å². The van der Waals surface area contributed by atoms with Gasteiger partial charge in [-0.3, -0.25) is 4.79 Å². The third kappa shape index (κ3) is 3.29. The highest BCUT2D eigenvalue weighted by Crippen LogP contribution is 2.65. The van der Waals surface area contributed by atoms with E-state index >= 15 is 0 Å². The minimum atomic E-state index is -0.750. The molecular formula is C25H33NO4. The molecule has 0 bridgehead atoms. The fourth-order valence-corrected chi connectivity index (χ4v) is 7.12. The zero-order valence-corrected chi connectivity index (χ0v) is 18.4. The zero-order valence-electron chi connectivity index (χ0n) is 18.4. The summed E-state index contributed by atoms with van der Waals surface area (Å²) in [6.07, 6.45) is 16.6. The molecular weight excluding hydrogens is 378 g/mol. The summed E-state index contributed by atoms with van der Waals surface area (Å²) in [5.74, 6) is 4.75. The maximum Gasteiger partial charge on any atom is 0.334 e. The molecule has 0 aromatic carbocycles. The molecule has 0 aliphatic heterocycles. The quantitative estimate of drug-likeness (QED) is 0.289. The minimum absolute atomic E-state index is 0.133. The van der Waals surface area contributed by atoms with E-state index in [9.17, 15) is 9.59 Å². The van der Waals surface area contributed by atoms with Gasteiger partial charge in [-0.05, 0) is 81.1 Å². The van der Waals surface area contributed by atoms with Gasteiger partial charge in [0, 0.05) is 18.8 Å². The number of carbonyl (C=O) groups excluding carboxylic acids is 2. The molecule has 0 N–H and O–H groups in total. The molecule has 0 aromatic heterocycles. The molecule has 4 aliphatic rings. The number of ether oxygens (including phenoxy) is 1. The van der Waals surface area contributed by atoms with Crippen molar-refractivity contribution in [3.63, 3.8) is 0 Å².